The maximum atomic E-state index is 13.3. The molecule has 7 nitrogen and oxygen atoms in total. The number of fused-ring (bicyclic) bond motifs is 1. The van der Waals surface area contributed by atoms with Crippen LogP contribution in [0.2, 0.25) is 0 Å². The predicted molar refractivity (Wildman–Crippen MR) is 113 cm³/mol. The Kier molecular flexibility index (Phi) is 4.88. The van der Waals surface area contributed by atoms with Crippen molar-refractivity contribution in [2.75, 3.05) is 10.6 Å². The summed E-state index contributed by atoms with van der Waals surface area (Å²) in [7, 11) is 0. The van der Waals surface area contributed by atoms with Crippen molar-refractivity contribution in [2.24, 2.45) is 0 Å². The smallest absolute Gasteiger partial charge is 0.255 e. The fraction of sp³-hybridized carbons (Fsp3) is 0.273. The minimum absolute atomic E-state index is 0.182. The highest BCUT2D eigenvalue weighted by Gasteiger charge is 2.34. The van der Waals surface area contributed by atoms with Crippen LogP contribution in [0, 0.1) is 6.92 Å². The zero-order chi connectivity index (χ0) is 20.5. The van der Waals surface area contributed by atoms with Crippen LogP contribution in [0.1, 0.15) is 49.4 Å². The molecule has 0 radical (unpaired) electrons. The van der Waals surface area contributed by atoms with E-state index in [4.69, 9.17) is 0 Å². The Bertz CT molecular complexity index is 1060. The van der Waals surface area contributed by atoms with Crippen molar-refractivity contribution in [1.82, 2.24) is 20.2 Å². The second-order valence-corrected chi connectivity index (χ2v) is 7.65. The molecule has 29 heavy (non-hydrogen) atoms. The topological polar surface area (TPSA) is 84.7 Å². The van der Waals surface area contributed by atoms with Crippen molar-refractivity contribution >= 4 is 17.5 Å². The summed E-state index contributed by atoms with van der Waals surface area (Å²) >= 11 is 0. The van der Waals surface area contributed by atoms with Gasteiger partial charge in [-0.3, -0.25) is 4.79 Å². The Hall–Kier alpha value is -3.48. The molecule has 1 atom stereocenters. The molecule has 1 aromatic heterocycles. The second-order valence-electron chi connectivity index (χ2n) is 7.65. The van der Waals surface area contributed by atoms with Gasteiger partial charge in [0.25, 0.3) is 5.91 Å². The van der Waals surface area contributed by atoms with Gasteiger partial charge in [-0.05, 0) is 53.5 Å². The maximum absolute atomic E-state index is 13.3. The third-order valence-corrected chi connectivity index (χ3v) is 5.19. The van der Waals surface area contributed by atoms with Crippen LogP contribution in [0.25, 0.3) is 0 Å². The molecule has 0 bridgehead atoms. The largest absolute Gasteiger partial charge is 0.326 e. The molecule has 3 aromatic rings. The molecule has 7 heteroatoms. The fourth-order valence-electron chi connectivity index (χ4n) is 3.51. The van der Waals surface area contributed by atoms with E-state index in [1.165, 1.54) is 5.56 Å². The number of hydrogen-bond donors (Lipinski definition) is 2. The summed E-state index contributed by atoms with van der Waals surface area (Å²) in [6.45, 7) is 8.20. The van der Waals surface area contributed by atoms with Gasteiger partial charge in [-0.15, -0.1) is 0 Å². The third-order valence-electron chi connectivity index (χ3n) is 5.19. The average molecular weight is 388 g/mol. The molecular weight excluding hydrogens is 364 g/mol. The molecular formula is C22H24N6O. The van der Waals surface area contributed by atoms with Crippen molar-refractivity contribution in [3.63, 3.8) is 0 Å². The van der Waals surface area contributed by atoms with Crippen LogP contribution in [-0.2, 0) is 4.79 Å². The van der Waals surface area contributed by atoms with Gasteiger partial charge < -0.3 is 10.6 Å². The predicted octanol–water partition coefficient (Wildman–Crippen LogP) is 4.03. The van der Waals surface area contributed by atoms with Crippen molar-refractivity contribution in [1.29, 1.82) is 0 Å². The van der Waals surface area contributed by atoms with Gasteiger partial charge in [-0.1, -0.05) is 60.9 Å². The van der Waals surface area contributed by atoms with Gasteiger partial charge in [0, 0.05) is 11.4 Å². The molecule has 1 unspecified atom stereocenters. The summed E-state index contributed by atoms with van der Waals surface area (Å²) in [5.74, 6) is 0.771. The summed E-state index contributed by atoms with van der Waals surface area (Å²) in [6, 6.07) is 15.6. The van der Waals surface area contributed by atoms with E-state index in [-0.39, 0.29) is 5.91 Å². The summed E-state index contributed by atoms with van der Waals surface area (Å²) in [4.78, 5) is 13.3. The summed E-state index contributed by atoms with van der Waals surface area (Å²) in [5, 5.41) is 18.1. The zero-order valence-corrected chi connectivity index (χ0v) is 17.0. The van der Waals surface area contributed by atoms with E-state index >= 15 is 0 Å². The third kappa shape index (κ3) is 3.63. The number of nitrogens with zero attached hydrogens (tertiary/aromatic N) is 4. The molecule has 0 saturated carbocycles. The van der Waals surface area contributed by atoms with Gasteiger partial charge in [0.15, 0.2) is 0 Å². The minimum atomic E-state index is -0.409. The first-order valence-electron chi connectivity index (χ1n) is 9.67. The number of aromatic nitrogens is 4. The number of carbonyl (C=O) groups is 1. The summed E-state index contributed by atoms with van der Waals surface area (Å²) in [5.41, 5.74) is 5.40. The number of anilines is 2. The maximum Gasteiger partial charge on any atom is 0.255 e. The Morgan fingerprint density at radius 1 is 1.07 bits per heavy atom. The van der Waals surface area contributed by atoms with E-state index < -0.39 is 6.04 Å². The van der Waals surface area contributed by atoms with E-state index in [0.29, 0.717) is 17.4 Å². The van der Waals surface area contributed by atoms with Crippen molar-refractivity contribution in [3.8, 4) is 0 Å². The van der Waals surface area contributed by atoms with Crippen LogP contribution in [0.4, 0.5) is 11.6 Å². The molecule has 2 N–H and O–H groups in total. The van der Waals surface area contributed by atoms with Crippen LogP contribution in [0.5, 0.6) is 0 Å². The van der Waals surface area contributed by atoms with E-state index in [0.717, 1.165) is 22.5 Å². The average Bonchev–Trinajstić information content (AvgIpc) is 3.16. The van der Waals surface area contributed by atoms with E-state index in [2.05, 4.69) is 52.1 Å². The van der Waals surface area contributed by atoms with Crippen molar-refractivity contribution in [3.05, 3.63) is 76.5 Å². The fourth-order valence-corrected chi connectivity index (χ4v) is 3.51. The molecule has 148 valence electrons. The van der Waals surface area contributed by atoms with Gasteiger partial charge in [0.2, 0.25) is 5.95 Å². The number of hydrogen-bond acceptors (Lipinski definition) is 5. The van der Waals surface area contributed by atoms with Crippen LogP contribution >= 0.6 is 0 Å². The molecule has 0 spiro atoms. The number of allylic oxidation sites excluding steroid dienone is 1. The SMILES string of the molecule is CC1=C(C(=O)Nc2ccc(C)cc2)C(c2ccc(C(C)C)cc2)n2nnnc2N1. The van der Waals surface area contributed by atoms with Gasteiger partial charge in [-0.2, -0.15) is 4.68 Å². The monoisotopic (exact) mass is 388 g/mol. The molecule has 2 aromatic carbocycles. The lowest BCUT2D eigenvalue weighted by Crippen LogP contribution is -2.31. The second kappa shape index (κ2) is 7.50. The van der Waals surface area contributed by atoms with Crippen LogP contribution in [0.15, 0.2) is 59.8 Å². The Labute approximate surface area is 169 Å². The summed E-state index contributed by atoms with van der Waals surface area (Å²) < 4.78 is 1.65. The Balaban J connectivity index is 1.73. The number of aryl methyl sites for hydroxylation is 1. The van der Waals surface area contributed by atoms with Crippen LogP contribution in [-0.4, -0.2) is 26.1 Å². The first-order valence-corrected chi connectivity index (χ1v) is 9.67. The Morgan fingerprint density at radius 3 is 2.41 bits per heavy atom. The highest BCUT2D eigenvalue weighted by molar-refractivity contribution is 6.06. The standard InChI is InChI=1S/C22H24N6O/c1-13(2)16-7-9-17(10-8-16)20-19(15(4)23-22-25-26-27-28(20)22)21(29)24-18-11-5-14(3)6-12-18/h5-13,20H,1-4H3,(H,24,29)(H,23,25,27). The molecule has 0 aliphatic carbocycles. The number of amides is 1. The molecule has 1 aliphatic rings. The van der Waals surface area contributed by atoms with Gasteiger partial charge >= 0.3 is 0 Å². The van der Waals surface area contributed by atoms with E-state index in [9.17, 15) is 4.79 Å². The first kappa shape index (κ1) is 18.9. The number of rotatable bonds is 4. The van der Waals surface area contributed by atoms with Crippen LogP contribution in [0.3, 0.4) is 0 Å². The van der Waals surface area contributed by atoms with Crippen LogP contribution < -0.4 is 10.6 Å². The number of nitrogens with one attached hydrogen (secondary N) is 2. The van der Waals surface area contributed by atoms with E-state index in [1.807, 2.05) is 50.2 Å². The number of tetrazole rings is 1. The first-order chi connectivity index (χ1) is 13.9. The van der Waals surface area contributed by atoms with E-state index in [1.54, 1.807) is 4.68 Å². The lowest BCUT2D eigenvalue weighted by molar-refractivity contribution is -0.113. The highest BCUT2D eigenvalue weighted by atomic mass is 16.1. The quantitative estimate of drug-likeness (QED) is 0.705. The molecule has 0 saturated heterocycles. The summed E-state index contributed by atoms with van der Waals surface area (Å²) in [6.07, 6.45) is 0. The molecule has 2 heterocycles. The van der Waals surface area contributed by atoms with Crippen molar-refractivity contribution in [2.45, 2.75) is 39.7 Å². The van der Waals surface area contributed by atoms with Gasteiger partial charge in [-0.25, -0.2) is 0 Å². The molecule has 4 rings (SSSR count). The lowest BCUT2D eigenvalue weighted by atomic mass is 9.93. The normalized spacial score (nSPS) is 15.8. The number of carbonyl (C=O) groups excluding carboxylic acids is 1. The number of benzene rings is 2. The Morgan fingerprint density at radius 2 is 1.76 bits per heavy atom. The van der Waals surface area contributed by atoms with Gasteiger partial charge in [0.05, 0.1) is 5.57 Å². The molecule has 1 aliphatic heterocycles. The molecule has 1 amide bonds. The minimum Gasteiger partial charge on any atom is -0.326 e. The lowest BCUT2D eigenvalue weighted by Gasteiger charge is -2.28. The van der Waals surface area contributed by atoms with Gasteiger partial charge in [0.1, 0.15) is 6.04 Å². The molecule has 0 fully saturated rings. The highest BCUT2D eigenvalue weighted by Crippen LogP contribution is 2.35. The zero-order valence-electron chi connectivity index (χ0n) is 17.0. The van der Waals surface area contributed by atoms with Crippen molar-refractivity contribution < 1.29 is 4.79 Å².